The van der Waals surface area contributed by atoms with Gasteiger partial charge in [0.1, 0.15) is 12.4 Å². The number of hydrogen-bond donors (Lipinski definition) is 3. The number of ether oxygens (including phenoxy) is 1. The molecule has 1 heterocycles. The van der Waals surface area contributed by atoms with Gasteiger partial charge in [0.25, 0.3) is 0 Å². The van der Waals surface area contributed by atoms with Gasteiger partial charge in [0.05, 0.1) is 24.1 Å². The van der Waals surface area contributed by atoms with Gasteiger partial charge in [0, 0.05) is 10.4 Å². The molecule has 7 heteroatoms. The normalized spacial score (nSPS) is 11.8. The van der Waals surface area contributed by atoms with Gasteiger partial charge >= 0.3 is 0 Å². The highest BCUT2D eigenvalue weighted by molar-refractivity contribution is 6.30. The average molecular weight is 458 g/mol. The zero-order valence-electron chi connectivity index (χ0n) is 17.9. The number of nitrogens with two attached hydrogens (primary N) is 1. The highest BCUT2D eigenvalue weighted by Crippen LogP contribution is 2.23. The summed E-state index contributed by atoms with van der Waals surface area (Å²) in [4.78, 5) is 9.02. The lowest BCUT2D eigenvalue weighted by Crippen LogP contribution is -2.36. The maximum absolute atomic E-state index is 6.01. The summed E-state index contributed by atoms with van der Waals surface area (Å²) in [5, 5.41) is 1.82. The van der Waals surface area contributed by atoms with E-state index >= 15 is 0 Å². The molecule has 0 radical (unpaired) electrons. The zero-order valence-corrected chi connectivity index (χ0v) is 18.7. The Labute approximate surface area is 197 Å². The summed E-state index contributed by atoms with van der Waals surface area (Å²) in [6, 6.07) is 27.7. The summed E-state index contributed by atoms with van der Waals surface area (Å²) >= 11 is 6.01. The Morgan fingerprint density at radius 1 is 0.970 bits per heavy atom. The van der Waals surface area contributed by atoms with E-state index in [0.717, 1.165) is 39.0 Å². The Hall–Kier alpha value is -3.71. The molecule has 4 aromatic rings. The molecular formula is C26H24ClN5O. The van der Waals surface area contributed by atoms with E-state index in [2.05, 4.69) is 33.1 Å². The first-order valence-corrected chi connectivity index (χ1v) is 10.8. The van der Waals surface area contributed by atoms with Crippen LogP contribution in [0.1, 0.15) is 16.8 Å². The number of hydrogen-bond acceptors (Lipinski definition) is 5. The third kappa shape index (κ3) is 6.40. The fourth-order valence-corrected chi connectivity index (χ4v) is 3.44. The Morgan fingerprint density at radius 2 is 1.76 bits per heavy atom. The fourth-order valence-electron chi connectivity index (χ4n) is 3.32. The van der Waals surface area contributed by atoms with Crippen molar-refractivity contribution in [1.29, 1.82) is 0 Å². The SMILES string of the molecule is NNNC=NCC(=Cc1ccc(Cl)cc1)c1ccc(OCc2ccc3ccccc3n2)cc1. The summed E-state index contributed by atoms with van der Waals surface area (Å²) < 4.78 is 5.96. The van der Waals surface area contributed by atoms with Crippen molar-refractivity contribution in [3.8, 4) is 5.75 Å². The zero-order chi connectivity index (χ0) is 22.9. The van der Waals surface area contributed by atoms with Gasteiger partial charge in [-0.15, -0.1) is 0 Å². The number of fused-ring (bicyclic) bond motifs is 1. The van der Waals surface area contributed by atoms with Crippen molar-refractivity contribution in [1.82, 2.24) is 15.9 Å². The van der Waals surface area contributed by atoms with Crippen molar-refractivity contribution < 1.29 is 4.74 Å². The number of pyridine rings is 1. The molecule has 0 saturated heterocycles. The number of aromatic nitrogens is 1. The minimum absolute atomic E-state index is 0.402. The lowest BCUT2D eigenvalue weighted by molar-refractivity contribution is 0.302. The van der Waals surface area contributed by atoms with Crippen molar-refractivity contribution >= 4 is 40.5 Å². The predicted octanol–water partition coefficient (Wildman–Crippen LogP) is 5.00. The number of nitrogens with zero attached hydrogens (tertiary/aromatic N) is 2. The lowest BCUT2D eigenvalue weighted by Gasteiger charge is -2.10. The summed E-state index contributed by atoms with van der Waals surface area (Å²) in [5.41, 5.74) is 9.94. The first kappa shape index (κ1) is 22.5. The topological polar surface area (TPSA) is 84.6 Å². The minimum Gasteiger partial charge on any atom is -0.487 e. The second-order valence-corrected chi connectivity index (χ2v) is 7.72. The van der Waals surface area contributed by atoms with Crippen LogP contribution < -0.4 is 21.5 Å². The van der Waals surface area contributed by atoms with Crippen LogP contribution in [0.5, 0.6) is 5.75 Å². The van der Waals surface area contributed by atoms with Crippen molar-refractivity contribution in [2.75, 3.05) is 6.54 Å². The molecule has 4 N–H and O–H groups in total. The predicted molar refractivity (Wildman–Crippen MR) is 136 cm³/mol. The van der Waals surface area contributed by atoms with E-state index in [1.165, 1.54) is 6.34 Å². The number of rotatable bonds is 9. The molecule has 0 spiro atoms. The van der Waals surface area contributed by atoms with Gasteiger partial charge in [-0.2, -0.15) is 5.53 Å². The van der Waals surface area contributed by atoms with Gasteiger partial charge in [0.2, 0.25) is 0 Å². The van der Waals surface area contributed by atoms with Crippen LogP contribution in [0.4, 0.5) is 0 Å². The standard InChI is InChI=1S/C26H24ClN5O/c27-23-10-5-19(6-11-23)15-22(16-29-18-30-32-28)20-8-13-25(14-9-20)33-17-24-12-7-21-3-1-2-4-26(21)31-24/h1-15,18,32H,16-17,28H2,(H,29,30). The molecule has 3 aromatic carbocycles. The number of benzene rings is 3. The average Bonchev–Trinajstić information content (AvgIpc) is 2.86. The van der Waals surface area contributed by atoms with E-state index in [4.69, 9.17) is 22.2 Å². The molecule has 0 aliphatic rings. The molecule has 0 bridgehead atoms. The van der Waals surface area contributed by atoms with Crippen LogP contribution in [-0.4, -0.2) is 17.9 Å². The number of nitrogens with one attached hydrogen (secondary N) is 2. The number of aliphatic imine (C=N–C) groups is 1. The van der Waals surface area contributed by atoms with E-state index < -0.39 is 0 Å². The minimum atomic E-state index is 0.402. The van der Waals surface area contributed by atoms with Crippen molar-refractivity contribution in [3.63, 3.8) is 0 Å². The van der Waals surface area contributed by atoms with Crippen LogP contribution in [0.3, 0.4) is 0 Å². The molecule has 4 rings (SSSR count). The smallest absolute Gasteiger partial charge is 0.130 e. The number of halogens is 1. The number of para-hydroxylation sites is 1. The van der Waals surface area contributed by atoms with Crippen LogP contribution >= 0.6 is 11.6 Å². The van der Waals surface area contributed by atoms with Crippen LogP contribution in [0.15, 0.2) is 89.9 Å². The maximum atomic E-state index is 6.01. The van der Waals surface area contributed by atoms with Gasteiger partial charge in [-0.1, -0.05) is 60.1 Å². The molecule has 166 valence electrons. The fraction of sp³-hybridized carbons (Fsp3) is 0.0769. The van der Waals surface area contributed by atoms with Crippen LogP contribution in [0.2, 0.25) is 5.02 Å². The summed E-state index contributed by atoms with van der Waals surface area (Å²) in [5.74, 6) is 5.99. The first-order valence-electron chi connectivity index (χ1n) is 10.4. The van der Waals surface area contributed by atoms with E-state index in [1.54, 1.807) is 0 Å². The molecule has 0 aliphatic carbocycles. The third-order valence-corrected chi connectivity index (χ3v) is 5.23. The van der Waals surface area contributed by atoms with Gasteiger partial charge in [-0.3, -0.25) is 16.3 Å². The van der Waals surface area contributed by atoms with E-state index in [1.807, 2.05) is 78.9 Å². The lowest BCUT2D eigenvalue weighted by atomic mass is 10.0. The summed E-state index contributed by atoms with van der Waals surface area (Å²) in [6.45, 7) is 0.873. The van der Waals surface area contributed by atoms with Gasteiger partial charge in [0.15, 0.2) is 0 Å². The van der Waals surface area contributed by atoms with Crippen LogP contribution in [0, 0.1) is 0 Å². The molecule has 0 amide bonds. The monoisotopic (exact) mass is 457 g/mol. The summed E-state index contributed by atoms with van der Waals surface area (Å²) in [7, 11) is 0. The maximum Gasteiger partial charge on any atom is 0.130 e. The van der Waals surface area contributed by atoms with E-state index in [9.17, 15) is 0 Å². The summed E-state index contributed by atoms with van der Waals surface area (Å²) in [6.07, 6.45) is 3.60. The molecular weight excluding hydrogens is 434 g/mol. The first-order chi connectivity index (χ1) is 16.2. The Balaban J connectivity index is 1.48. The van der Waals surface area contributed by atoms with Crippen LogP contribution in [0.25, 0.3) is 22.6 Å². The third-order valence-electron chi connectivity index (χ3n) is 4.98. The van der Waals surface area contributed by atoms with Crippen molar-refractivity contribution in [2.45, 2.75) is 6.61 Å². The Bertz CT molecular complexity index is 1250. The van der Waals surface area contributed by atoms with Crippen molar-refractivity contribution in [3.05, 3.63) is 107 Å². The molecule has 0 unspecified atom stereocenters. The second kappa shape index (κ2) is 11.2. The quantitative estimate of drug-likeness (QED) is 0.108. The molecule has 33 heavy (non-hydrogen) atoms. The molecule has 0 saturated carbocycles. The number of hydrazine groups is 2. The van der Waals surface area contributed by atoms with E-state index in [0.29, 0.717) is 18.2 Å². The highest BCUT2D eigenvalue weighted by atomic mass is 35.5. The van der Waals surface area contributed by atoms with Gasteiger partial charge in [-0.25, -0.2) is 4.98 Å². The molecule has 6 nitrogen and oxygen atoms in total. The van der Waals surface area contributed by atoms with E-state index in [-0.39, 0.29) is 0 Å². The van der Waals surface area contributed by atoms with Crippen molar-refractivity contribution in [2.24, 2.45) is 10.8 Å². The highest BCUT2D eigenvalue weighted by Gasteiger charge is 2.04. The molecule has 0 aliphatic heterocycles. The Morgan fingerprint density at radius 3 is 2.55 bits per heavy atom. The largest absolute Gasteiger partial charge is 0.487 e. The molecule has 0 fully saturated rings. The second-order valence-electron chi connectivity index (χ2n) is 7.29. The Kier molecular flexibility index (Phi) is 7.66. The van der Waals surface area contributed by atoms with Gasteiger partial charge in [-0.05, 0) is 59.2 Å². The van der Waals surface area contributed by atoms with Crippen LogP contribution in [-0.2, 0) is 6.61 Å². The molecule has 0 atom stereocenters. The molecule has 1 aromatic heterocycles. The van der Waals surface area contributed by atoms with Gasteiger partial charge < -0.3 is 4.74 Å².